The van der Waals surface area contributed by atoms with Crippen molar-refractivity contribution < 1.29 is 19.2 Å². The molecule has 94 valence electrons. The van der Waals surface area contributed by atoms with E-state index >= 15 is 0 Å². The van der Waals surface area contributed by atoms with Crippen molar-refractivity contribution in [2.75, 3.05) is 13.6 Å². The number of amides is 1. The second-order valence-electron chi connectivity index (χ2n) is 3.94. The van der Waals surface area contributed by atoms with Gasteiger partial charge in [-0.15, -0.1) is 0 Å². The second kappa shape index (κ2) is 5.47. The third-order valence-electron chi connectivity index (χ3n) is 2.60. The van der Waals surface area contributed by atoms with Gasteiger partial charge in [0.1, 0.15) is 5.76 Å². The average molecular weight is 240 g/mol. The molecule has 0 aromatic carbocycles. The highest BCUT2D eigenvalue weighted by molar-refractivity contribution is 5.79. The molecular weight excluding hydrogens is 224 g/mol. The molecule has 0 saturated carbocycles. The van der Waals surface area contributed by atoms with E-state index < -0.39 is 5.97 Å². The number of carbonyl (C=O) groups excluding carboxylic acids is 1. The summed E-state index contributed by atoms with van der Waals surface area (Å²) >= 11 is 0. The molecule has 6 heteroatoms. The first-order valence-corrected chi connectivity index (χ1v) is 5.29. The van der Waals surface area contributed by atoms with Crippen LogP contribution in [0.1, 0.15) is 23.4 Å². The molecule has 1 rings (SSSR count). The Morgan fingerprint density at radius 2 is 2.06 bits per heavy atom. The Bertz CT molecular complexity index is 406. The van der Waals surface area contributed by atoms with Crippen molar-refractivity contribution in [3.8, 4) is 0 Å². The maximum Gasteiger partial charge on any atom is 0.305 e. The van der Waals surface area contributed by atoms with E-state index in [2.05, 4.69) is 5.16 Å². The molecule has 0 aliphatic heterocycles. The van der Waals surface area contributed by atoms with Gasteiger partial charge in [0, 0.05) is 19.2 Å². The summed E-state index contributed by atoms with van der Waals surface area (Å²) in [6.07, 6.45) is 0.140. The first-order valence-electron chi connectivity index (χ1n) is 5.29. The van der Waals surface area contributed by atoms with Gasteiger partial charge in [-0.05, 0) is 13.8 Å². The summed E-state index contributed by atoms with van der Waals surface area (Å²) < 4.78 is 4.96. The van der Waals surface area contributed by atoms with Crippen LogP contribution in [0.15, 0.2) is 4.52 Å². The number of likely N-dealkylation sites (N-methyl/N-ethyl adjacent to an activating group) is 1. The topological polar surface area (TPSA) is 83.6 Å². The summed E-state index contributed by atoms with van der Waals surface area (Å²) in [5.74, 6) is -0.426. The maximum atomic E-state index is 11.8. The zero-order valence-electron chi connectivity index (χ0n) is 10.2. The van der Waals surface area contributed by atoms with Crippen molar-refractivity contribution >= 4 is 11.9 Å². The predicted molar refractivity (Wildman–Crippen MR) is 59.6 cm³/mol. The van der Waals surface area contributed by atoms with E-state index in [0.717, 1.165) is 5.56 Å². The molecule has 17 heavy (non-hydrogen) atoms. The van der Waals surface area contributed by atoms with Crippen molar-refractivity contribution in [2.24, 2.45) is 0 Å². The van der Waals surface area contributed by atoms with Crippen LogP contribution in [0.3, 0.4) is 0 Å². The second-order valence-corrected chi connectivity index (χ2v) is 3.94. The number of nitrogens with zero attached hydrogens (tertiary/aromatic N) is 2. The van der Waals surface area contributed by atoms with Crippen LogP contribution in [0.2, 0.25) is 0 Å². The normalized spacial score (nSPS) is 10.3. The molecule has 0 aliphatic rings. The van der Waals surface area contributed by atoms with E-state index in [0.29, 0.717) is 11.5 Å². The van der Waals surface area contributed by atoms with Gasteiger partial charge in [0.2, 0.25) is 5.91 Å². The van der Waals surface area contributed by atoms with E-state index in [4.69, 9.17) is 9.63 Å². The molecular formula is C11H16N2O4. The number of aromatic nitrogens is 1. The van der Waals surface area contributed by atoms with Gasteiger partial charge in [-0.2, -0.15) is 0 Å². The summed E-state index contributed by atoms with van der Waals surface area (Å²) in [5, 5.41) is 12.3. The minimum Gasteiger partial charge on any atom is -0.481 e. The lowest BCUT2D eigenvalue weighted by Crippen LogP contribution is -2.30. The number of hydrogen-bond acceptors (Lipinski definition) is 4. The van der Waals surface area contributed by atoms with Crippen LogP contribution in [-0.4, -0.2) is 40.6 Å². The Kier molecular flexibility index (Phi) is 4.25. The van der Waals surface area contributed by atoms with Gasteiger partial charge in [0.25, 0.3) is 0 Å². The first-order chi connectivity index (χ1) is 7.91. The van der Waals surface area contributed by atoms with E-state index in [9.17, 15) is 9.59 Å². The Balaban J connectivity index is 2.57. The van der Waals surface area contributed by atoms with Crippen molar-refractivity contribution in [3.63, 3.8) is 0 Å². The quantitative estimate of drug-likeness (QED) is 0.821. The van der Waals surface area contributed by atoms with Gasteiger partial charge < -0.3 is 14.5 Å². The van der Waals surface area contributed by atoms with Gasteiger partial charge in [-0.3, -0.25) is 9.59 Å². The molecule has 1 aromatic rings. The van der Waals surface area contributed by atoms with Crippen LogP contribution >= 0.6 is 0 Å². The number of carbonyl (C=O) groups is 2. The van der Waals surface area contributed by atoms with Crippen molar-refractivity contribution in [3.05, 3.63) is 17.0 Å². The minimum atomic E-state index is -0.915. The van der Waals surface area contributed by atoms with Crippen LogP contribution in [0.5, 0.6) is 0 Å². The molecule has 6 nitrogen and oxygen atoms in total. The standard InChI is InChI=1S/C11H16N2O4/c1-7-9(8(2)17-12-7)6-10(14)13(3)5-4-11(15)16/h4-6H2,1-3H3,(H,15,16). The third kappa shape index (κ3) is 3.58. The summed E-state index contributed by atoms with van der Waals surface area (Å²) in [5.41, 5.74) is 1.47. The Morgan fingerprint density at radius 1 is 1.41 bits per heavy atom. The smallest absolute Gasteiger partial charge is 0.305 e. The molecule has 1 amide bonds. The van der Waals surface area contributed by atoms with Gasteiger partial charge in [-0.1, -0.05) is 5.16 Å². The summed E-state index contributed by atoms with van der Waals surface area (Å²) in [7, 11) is 1.59. The summed E-state index contributed by atoms with van der Waals surface area (Å²) in [6, 6.07) is 0. The Hall–Kier alpha value is -1.85. The van der Waals surface area contributed by atoms with Crippen LogP contribution in [0, 0.1) is 13.8 Å². The van der Waals surface area contributed by atoms with Crippen LogP contribution in [0.25, 0.3) is 0 Å². The molecule has 0 aliphatic carbocycles. The van der Waals surface area contributed by atoms with E-state index in [1.807, 2.05) is 0 Å². The highest BCUT2D eigenvalue weighted by atomic mass is 16.5. The van der Waals surface area contributed by atoms with E-state index in [1.165, 1.54) is 4.90 Å². The minimum absolute atomic E-state index is 0.0517. The Morgan fingerprint density at radius 3 is 2.53 bits per heavy atom. The third-order valence-corrected chi connectivity index (χ3v) is 2.60. The zero-order valence-corrected chi connectivity index (χ0v) is 10.2. The molecule has 0 unspecified atom stereocenters. The number of carboxylic acids is 1. The Labute approximate surface area is 99.2 Å². The number of aliphatic carboxylic acids is 1. The maximum absolute atomic E-state index is 11.8. The largest absolute Gasteiger partial charge is 0.481 e. The fourth-order valence-corrected chi connectivity index (χ4v) is 1.43. The molecule has 0 spiro atoms. The molecule has 0 fully saturated rings. The number of rotatable bonds is 5. The van der Waals surface area contributed by atoms with E-state index in [-0.39, 0.29) is 25.3 Å². The van der Waals surface area contributed by atoms with Gasteiger partial charge >= 0.3 is 5.97 Å². The summed E-state index contributed by atoms with van der Waals surface area (Å²) in [6.45, 7) is 3.73. The summed E-state index contributed by atoms with van der Waals surface area (Å²) in [4.78, 5) is 23.6. The van der Waals surface area contributed by atoms with Crippen LogP contribution in [-0.2, 0) is 16.0 Å². The molecule has 0 bridgehead atoms. The fourth-order valence-electron chi connectivity index (χ4n) is 1.43. The highest BCUT2D eigenvalue weighted by Crippen LogP contribution is 2.13. The van der Waals surface area contributed by atoms with Gasteiger partial charge in [0.05, 0.1) is 18.5 Å². The van der Waals surface area contributed by atoms with Crippen molar-refractivity contribution in [1.29, 1.82) is 0 Å². The molecule has 0 atom stereocenters. The van der Waals surface area contributed by atoms with E-state index in [1.54, 1.807) is 20.9 Å². The molecule has 1 heterocycles. The van der Waals surface area contributed by atoms with Crippen LogP contribution in [0.4, 0.5) is 0 Å². The lowest BCUT2D eigenvalue weighted by atomic mass is 10.1. The fraction of sp³-hybridized carbons (Fsp3) is 0.545. The highest BCUT2D eigenvalue weighted by Gasteiger charge is 2.16. The SMILES string of the molecule is Cc1noc(C)c1CC(=O)N(C)CCC(=O)O. The zero-order chi connectivity index (χ0) is 13.0. The van der Waals surface area contributed by atoms with Crippen molar-refractivity contribution in [2.45, 2.75) is 26.7 Å². The predicted octanol–water partition coefficient (Wildman–Crippen LogP) is 0.767. The first kappa shape index (κ1) is 13.2. The number of hydrogen-bond donors (Lipinski definition) is 1. The van der Waals surface area contributed by atoms with Gasteiger partial charge in [-0.25, -0.2) is 0 Å². The molecule has 0 radical (unpaired) electrons. The van der Waals surface area contributed by atoms with Crippen LogP contribution < -0.4 is 0 Å². The lowest BCUT2D eigenvalue weighted by molar-refractivity contribution is -0.138. The molecule has 1 N–H and O–H groups in total. The van der Waals surface area contributed by atoms with Gasteiger partial charge in [0.15, 0.2) is 0 Å². The number of aryl methyl sites for hydroxylation is 2. The average Bonchev–Trinajstić information content (AvgIpc) is 2.57. The van der Waals surface area contributed by atoms with Crippen molar-refractivity contribution in [1.82, 2.24) is 10.1 Å². The lowest BCUT2D eigenvalue weighted by Gasteiger charge is -2.15. The molecule has 1 aromatic heterocycles. The number of carboxylic acid groups (broad SMARTS) is 1. The molecule has 0 saturated heterocycles. The monoisotopic (exact) mass is 240 g/mol.